The van der Waals surface area contributed by atoms with Gasteiger partial charge in [-0.25, -0.2) is 10.2 Å². The van der Waals surface area contributed by atoms with Crippen molar-refractivity contribution in [2.75, 3.05) is 7.11 Å². The number of hydrogen-bond donors (Lipinski definition) is 1. The average Bonchev–Trinajstić information content (AvgIpc) is 2.89. The molecule has 4 aromatic rings. The first kappa shape index (κ1) is 24.9. The van der Waals surface area contributed by atoms with Gasteiger partial charge < -0.3 is 14.2 Å². The molecule has 0 saturated heterocycles. The number of methoxy groups -OCH3 is 1. The predicted octanol–water partition coefficient (Wildman–Crippen LogP) is 5.75. The van der Waals surface area contributed by atoms with Gasteiger partial charge in [0.1, 0.15) is 5.75 Å². The van der Waals surface area contributed by atoms with Crippen molar-refractivity contribution in [3.05, 3.63) is 101 Å². The van der Waals surface area contributed by atoms with Gasteiger partial charge in [-0.15, -0.1) is 0 Å². The fourth-order valence-electron chi connectivity index (χ4n) is 3.43. The van der Waals surface area contributed by atoms with Gasteiger partial charge in [0.2, 0.25) is 0 Å². The van der Waals surface area contributed by atoms with Gasteiger partial charge in [0.25, 0.3) is 5.91 Å². The largest absolute Gasteiger partial charge is 0.493 e. The Hall–Kier alpha value is -4.17. The maximum atomic E-state index is 12.5. The molecule has 0 saturated carbocycles. The van der Waals surface area contributed by atoms with E-state index in [0.29, 0.717) is 22.6 Å². The molecule has 8 heteroatoms. The van der Waals surface area contributed by atoms with E-state index in [1.54, 1.807) is 43.3 Å². The Bertz CT molecular complexity index is 1430. The SMILES string of the molecule is COc1cc(/C=N\NC(=O)[C@H](C)Oc2cccc3ccccc23)ccc1OC(=O)c1cccc(Br)c1. The number of ether oxygens (including phenoxy) is 3. The summed E-state index contributed by atoms with van der Waals surface area (Å²) in [6, 6.07) is 25.3. The standard InChI is InChI=1S/C28H23BrN2O5/c1-18(35-24-12-6-8-20-7-3-4-11-23(20)24)27(32)31-30-17-19-13-14-25(26(15-19)34-2)36-28(33)21-9-5-10-22(29)16-21/h3-18H,1-2H3,(H,31,32)/b30-17-/t18-/m0/s1. The molecule has 7 nitrogen and oxygen atoms in total. The van der Waals surface area contributed by atoms with Crippen molar-refractivity contribution in [3.8, 4) is 17.2 Å². The van der Waals surface area contributed by atoms with Crippen LogP contribution in [0.4, 0.5) is 0 Å². The summed E-state index contributed by atoms with van der Waals surface area (Å²) in [5, 5.41) is 5.97. The van der Waals surface area contributed by atoms with Crippen LogP contribution < -0.4 is 19.6 Å². The third kappa shape index (κ3) is 6.09. The molecular weight excluding hydrogens is 524 g/mol. The summed E-state index contributed by atoms with van der Waals surface area (Å²) in [6.07, 6.45) is 0.702. The summed E-state index contributed by atoms with van der Waals surface area (Å²) in [5.41, 5.74) is 3.52. The van der Waals surface area contributed by atoms with E-state index in [0.717, 1.165) is 15.2 Å². The number of carbonyl (C=O) groups is 2. The Morgan fingerprint density at radius 3 is 2.50 bits per heavy atom. The van der Waals surface area contributed by atoms with Gasteiger partial charge in [0, 0.05) is 9.86 Å². The summed E-state index contributed by atoms with van der Waals surface area (Å²) in [5.74, 6) is 0.327. The second kappa shape index (κ2) is 11.5. The Morgan fingerprint density at radius 2 is 1.69 bits per heavy atom. The molecule has 0 heterocycles. The summed E-state index contributed by atoms with van der Waals surface area (Å²) in [4.78, 5) is 24.9. The first-order valence-corrected chi connectivity index (χ1v) is 11.9. The number of halogens is 1. The van der Waals surface area contributed by atoms with Crippen LogP contribution in [0, 0.1) is 0 Å². The number of hydrogen-bond acceptors (Lipinski definition) is 6. The van der Waals surface area contributed by atoms with E-state index < -0.39 is 18.0 Å². The highest BCUT2D eigenvalue weighted by Gasteiger charge is 2.16. The molecular formula is C28H23BrN2O5. The molecule has 0 aliphatic heterocycles. The van der Waals surface area contributed by atoms with Crippen molar-refractivity contribution in [1.29, 1.82) is 0 Å². The van der Waals surface area contributed by atoms with Gasteiger partial charge in [0.15, 0.2) is 17.6 Å². The molecule has 1 amide bonds. The maximum absolute atomic E-state index is 12.5. The fourth-order valence-corrected chi connectivity index (χ4v) is 3.83. The lowest BCUT2D eigenvalue weighted by Gasteiger charge is -2.14. The van der Waals surface area contributed by atoms with E-state index in [9.17, 15) is 9.59 Å². The quantitative estimate of drug-likeness (QED) is 0.132. The zero-order chi connectivity index (χ0) is 25.5. The second-order valence-corrected chi connectivity index (χ2v) is 8.70. The Kier molecular flexibility index (Phi) is 7.97. The Balaban J connectivity index is 1.38. The van der Waals surface area contributed by atoms with Crippen LogP contribution in [-0.4, -0.2) is 31.3 Å². The average molecular weight is 547 g/mol. The number of nitrogens with zero attached hydrogens (tertiary/aromatic N) is 1. The Morgan fingerprint density at radius 1 is 0.917 bits per heavy atom. The number of rotatable bonds is 8. The number of hydrazone groups is 1. The molecule has 0 bridgehead atoms. The van der Waals surface area contributed by atoms with Crippen LogP contribution in [0.1, 0.15) is 22.8 Å². The molecule has 4 rings (SSSR count). The smallest absolute Gasteiger partial charge is 0.343 e. The van der Waals surface area contributed by atoms with E-state index in [1.807, 2.05) is 48.5 Å². The molecule has 0 unspecified atom stereocenters. The minimum Gasteiger partial charge on any atom is -0.493 e. The zero-order valence-corrected chi connectivity index (χ0v) is 21.2. The van der Waals surface area contributed by atoms with Crippen molar-refractivity contribution >= 4 is 44.8 Å². The van der Waals surface area contributed by atoms with Crippen molar-refractivity contribution < 1.29 is 23.8 Å². The molecule has 0 spiro atoms. The molecule has 0 radical (unpaired) electrons. The van der Waals surface area contributed by atoms with Crippen molar-refractivity contribution in [1.82, 2.24) is 5.43 Å². The normalized spacial score (nSPS) is 11.8. The van der Waals surface area contributed by atoms with Gasteiger partial charge in [-0.2, -0.15) is 5.10 Å². The highest BCUT2D eigenvalue weighted by Crippen LogP contribution is 2.29. The first-order valence-electron chi connectivity index (χ1n) is 11.1. The van der Waals surface area contributed by atoms with Crippen LogP contribution in [-0.2, 0) is 4.79 Å². The topological polar surface area (TPSA) is 86.2 Å². The van der Waals surface area contributed by atoms with E-state index in [-0.39, 0.29) is 5.75 Å². The third-order valence-corrected chi connectivity index (χ3v) is 5.75. The molecule has 4 aromatic carbocycles. The summed E-state index contributed by atoms with van der Waals surface area (Å²) >= 11 is 3.34. The van der Waals surface area contributed by atoms with Gasteiger partial charge in [-0.05, 0) is 60.3 Å². The monoisotopic (exact) mass is 546 g/mol. The predicted molar refractivity (Wildman–Crippen MR) is 142 cm³/mol. The van der Waals surface area contributed by atoms with Crippen molar-refractivity contribution in [2.24, 2.45) is 5.10 Å². The molecule has 0 aliphatic rings. The van der Waals surface area contributed by atoms with Crippen LogP contribution in [0.2, 0.25) is 0 Å². The number of nitrogens with one attached hydrogen (secondary N) is 1. The Labute approximate surface area is 216 Å². The van der Waals surface area contributed by atoms with Crippen molar-refractivity contribution in [2.45, 2.75) is 13.0 Å². The van der Waals surface area contributed by atoms with E-state index in [2.05, 4.69) is 26.5 Å². The summed E-state index contributed by atoms with van der Waals surface area (Å²) in [6.45, 7) is 1.66. The first-order chi connectivity index (χ1) is 17.4. The van der Waals surface area contributed by atoms with E-state index in [1.165, 1.54) is 13.3 Å². The zero-order valence-electron chi connectivity index (χ0n) is 19.6. The van der Waals surface area contributed by atoms with Gasteiger partial charge in [-0.3, -0.25) is 4.79 Å². The van der Waals surface area contributed by atoms with Crippen molar-refractivity contribution in [3.63, 3.8) is 0 Å². The number of fused-ring (bicyclic) bond motifs is 1. The van der Waals surface area contributed by atoms with Crippen LogP contribution in [0.25, 0.3) is 10.8 Å². The lowest BCUT2D eigenvalue weighted by Crippen LogP contribution is -2.33. The minimum absolute atomic E-state index is 0.265. The fraction of sp³-hybridized carbons (Fsp3) is 0.107. The molecule has 1 atom stereocenters. The van der Waals surface area contributed by atoms with Crippen LogP contribution in [0.15, 0.2) is 94.5 Å². The number of benzene rings is 4. The molecule has 182 valence electrons. The highest BCUT2D eigenvalue weighted by molar-refractivity contribution is 9.10. The minimum atomic E-state index is -0.762. The highest BCUT2D eigenvalue weighted by atomic mass is 79.9. The lowest BCUT2D eigenvalue weighted by molar-refractivity contribution is -0.127. The number of esters is 1. The summed E-state index contributed by atoms with van der Waals surface area (Å²) in [7, 11) is 1.47. The van der Waals surface area contributed by atoms with E-state index in [4.69, 9.17) is 14.2 Å². The lowest BCUT2D eigenvalue weighted by atomic mass is 10.1. The van der Waals surface area contributed by atoms with Crippen LogP contribution >= 0.6 is 15.9 Å². The van der Waals surface area contributed by atoms with Crippen LogP contribution in [0.5, 0.6) is 17.2 Å². The van der Waals surface area contributed by atoms with Gasteiger partial charge >= 0.3 is 5.97 Å². The molecule has 0 aliphatic carbocycles. The van der Waals surface area contributed by atoms with Gasteiger partial charge in [0.05, 0.1) is 18.9 Å². The maximum Gasteiger partial charge on any atom is 0.343 e. The molecule has 0 fully saturated rings. The van der Waals surface area contributed by atoms with Crippen LogP contribution in [0.3, 0.4) is 0 Å². The molecule has 0 aromatic heterocycles. The number of carbonyl (C=O) groups excluding carboxylic acids is 2. The second-order valence-electron chi connectivity index (χ2n) is 7.78. The molecule has 1 N–H and O–H groups in total. The third-order valence-electron chi connectivity index (χ3n) is 5.26. The number of amides is 1. The summed E-state index contributed by atoms with van der Waals surface area (Å²) < 4.78 is 17.5. The molecule has 36 heavy (non-hydrogen) atoms. The van der Waals surface area contributed by atoms with Gasteiger partial charge in [-0.1, -0.05) is 58.4 Å². The van der Waals surface area contributed by atoms with E-state index >= 15 is 0 Å².